The minimum Gasteiger partial charge on any atom is -0.299 e. The molecular weight excluding hydrogens is 112 g/mol. The topological polar surface area (TPSA) is 3.24 Å². The van der Waals surface area contributed by atoms with E-state index in [1.807, 2.05) is 11.9 Å². The van der Waals surface area contributed by atoms with E-state index in [0.717, 1.165) is 0 Å². The summed E-state index contributed by atoms with van der Waals surface area (Å²) in [6.45, 7) is 1.13. The maximum atomic E-state index is 12.4. The highest BCUT2D eigenvalue weighted by Crippen LogP contribution is 2.29. The number of rotatable bonds is 0. The molecule has 1 atom stereocenters. The second-order valence-corrected chi connectivity index (χ2v) is 3.24. The Morgan fingerprint density at radius 1 is 1.71 bits per heavy atom. The van der Waals surface area contributed by atoms with Gasteiger partial charge in [0.1, 0.15) is 5.41 Å². The first-order chi connectivity index (χ1) is 3.10. The normalized spacial score (nSPS) is 29.6. The van der Waals surface area contributed by atoms with Crippen molar-refractivity contribution in [2.24, 2.45) is 0 Å². The zero-order chi connectivity index (χ0) is 5.49. The Bertz CT molecular complexity index is 75.8. The van der Waals surface area contributed by atoms with Gasteiger partial charge in [-0.1, -0.05) is 9.24 Å². The smallest absolute Gasteiger partial charge is 0.148 e. The SMILES string of the molecule is CN1CC(F)(P)C1. The quantitative estimate of drug-likeness (QED) is 0.421. The lowest BCUT2D eigenvalue weighted by atomic mass is 10.2. The molecule has 1 rings (SSSR count). The van der Waals surface area contributed by atoms with Crippen LogP contribution in [-0.2, 0) is 0 Å². The Hall–Kier alpha value is 0.320. The van der Waals surface area contributed by atoms with E-state index in [2.05, 4.69) is 9.24 Å². The Morgan fingerprint density at radius 2 is 2.14 bits per heavy atom. The Balaban J connectivity index is 2.29. The lowest BCUT2D eigenvalue weighted by molar-refractivity contribution is 0.0611. The van der Waals surface area contributed by atoms with E-state index in [0.29, 0.717) is 13.1 Å². The number of nitrogens with zero attached hydrogens (tertiary/aromatic N) is 1. The molecule has 0 aromatic heterocycles. The third-order valence-electron chi connectivity index (χ3n) is 1.07. The van der Waals surface area contributed by atoms with Crippen molar-refractivity contribution in [1.82, 2.24) is 4.90 Å². The van der Waals surface area contributed by atoms with Crippen LogP contribution in [0.5, 0.6) is 0 Å². The first-order valence-corrected chi connectivity index (χ1v) is 2.84. The first kappa shape index (κ1) is 5.46. The summed E-state index contributed by atoms with van der Waals surface area (Å²) < 4.78 is 12.4. The molecule has 0 amide bonds. The maximum Gasteiger partial charge on any atom is 0.148 e. The molecule has 0 radical (unpaired) electrons. The highest BCUT2D eigenvalue weighted by Gasteiger charge is 2.36. The van der Waals surface area contributed by atoms with Crippen molar-refractivity contribution in [3.63, 3.8) is 0 Å². The molecule has 0 saturated carbocycles. The van der Waals surface area contributed by atoms with E-state index in [9.17, 15) is 4.39 Å². The molecule has 1 saturated heterocycles. The van der Waals surface area contributed by atoms with Crippen molar-refractivity contribution >= 4 is 9.24 Å². The third-order valence-corrected chi connectivity index (χ3v) is 1.43. The molecule has 1 aliphatic heterocycles. The van der Waals surface area contributed by atoms with Crippen molar-refractivity contribution in [2.75, 3.05) is 20.1 Å². The van der Waals surface area contributed by atoms with Gasteiger partial charge in [0, 0.05) is 13.1 Å². The highest BCUT2D eigenvalue weighted by atomic mass is 31.0. The average Bonchev–Trinajstić information content (AvgIpc) is 1.27. The Labute approximate surface area is 45.1 Å². The van der Waals surface area contributed by atoms with Crippen LogP contribution in [0, 0.1) is 0 Å². The predicted octanol–water partition coefficient (Wildman–Crippen LogP) is 0.473. The van der Waals surface area contributed by atoms with Gasteiger partial charge in [0.2, 0.25) is 0 Å². The lowest BCUT2D eigenvalue weighted by Gasteiger charge is -2.39. The monoisotopic (exact) mass is 121 g/mol. The van der Waals surface area contributed by atoms with Crippen LogP contribution < -0.4 is 0 Å². The van der Waals surface area contributed by atoms with Gasteiger partial charge in [-0.15, -0.1) is 0 Å². The largest absolute Gasteiger partial charge is 0.299 e. The molecule has 42 valence electrons. The second-order valence-electron chi connectivity index (χ2n) is 2.21. The highest BCUT2D eigenvalue weighted by molar-refractivity contribution is 7.18. The van der Waals surface area contributed by atoms with E-state index in [-0.39, 0.29) is 0 Å². The predicted molar refractivity (Wildman–Crippen MR) is 31.0 cm³/mol. The summed E-state index contributed by atoms with van der Waals surface area (Å²) in [6.07, 6.45) is 0. The van der Waals surface area contributed by atoms with Crippen molar-refractivity contribution in [2.45, 2.75) is 5.41 Å². The summed E-state index contributed by atoms with van der Waals surface area (Å²) in [5, 5.41) is -0.964. The fraction of sp³-hybridized carbons (Fsp3) is 1.00. The zero-order valence-corrected chi connectivity index (χ0v) is 5.47. The van der Waals surface area contributed by atoms with E-state index in [4.69, 9.17) is 0 Å². The van der Waals surface area contributed by atoms with Crippen molar-refractivity contribution in [3.05, 3.63) is 0 Å². The van der Waals surface area contributed by atoms with Gasteiger partial charge in [-0.2, -0.15) is 0 Å². The summed E-state index contributed by atoms with van der Waals surface area (Å²) >= 11 is 0. The molecule has 0 aromatic rings. The fourth-order valence-corrected chi connectivity index (χ4v) is 1.47. The summed E-state index contributed by atoms with van der Waals surface area (Å²) in [6, 6.07) is 0. The molecule has 0 bridgehead atoms. The van der Waals surface area contributed by atoms with Crippen molar-refractivity contribution in [3.8, 4) is 0 Å². The summed E-state index contributed by atoms with van der Waals surface area (Å²) in [5.41, 5.74) is 0. The van der Waals surface area contributed by atoms with Gasteiger partial charge in [-0.25, -0.2) is 4.39 Å². The van der Waals surface area contributed by atoms with E-state index in [1.54, 1.807) is 0 Å². The summed E-state index contributed by atoms with van der Waals surface area (Å²) in [5.74, 6) is 0. The van der Waals surface area contributed by atoms with Crippen LogP contribution in [0.15, 0.2) is 0 Å². The van der Waals surface area contributed by atoms with Gasteiger partial charge in [0.05, 0.1) is 0 Å². The molecule has 1 fully saturated rings. The maximum absolute atomic E-state index is 12.4. The summed E-state index contributed by atoms with van der Waals surface area (Å²) in [4.78, 5) is 1.94. The number of likely N-dealkylation sites (tertiary alicyclic amines) is 1. The van der Waals surface area contributed by atoms with Crippen molar-refractivity contribution < 1.29 is 4.39 Å². The van der Waals surface area contributed by atoms with Gasteiger partial charge < -0.3 is 0 Å². The molecule has 1 unspecified atom stereocenters. The standard InChI is InChI=1S/C4H9FNP/c1-6-2-4(5,7)3-6/h2-3,7H2,1H3. The summed E-state index contributed by atoms with van der Waals surface area (Å²) in [7, 11) is 4.10. The van der Waals surface area contributed by atoms with Crippen LogP contribution in [0.2, 0.25) is 0 Å². The Kier molecular flexibility index (Phi) is 1.09. The van der Waals surface area contributed by atoms with Gasteiger partial charge >= 0.3 is 0 Å². The van der Waals surface area contributed by atoms with Crippen LogP contribution in [0.3, 0.4) is 0 Å². The molecule has 7 heavy (non-hydrogen) atoms. The van der Waals surface area contributed by atoms with Gasteiger partial charge in [-0.3, -0.25) is 4.90 Å². The average molecular weight is 121 g/mol. The zero-order valence-electron chi connectivity index (χ0n) is 4.32. The molecule has 1 heterocycles. The molecule has 0 spiro atoms. The molecule has 1 nitrogen and oxygen atoms in total. The number of alkyl halides is 1. The van der Waals surface area contributed by atoms with Crippen LogP contribution in [0.25, 0.3) is 0 Å². The number of halogens is 1. The molecular formula is C4H9FNP. The lowest BCUT2D eigenvalue weighted by Crippen LogP contribution is -2.52. The third kappa shape index (κ3) is 1.11. The molecule has 1 aliphatic rings. The van der Waals surface area contributed by atoms with Crippen LogP contribution >= 0.6 is 9.24 Å². The number of hydrogen-bond acceptors (Lipinski definition) is 1. The fourth-order valence-electron chi connectivity index (χ4n) is 0.851. The van der Waals surface area contributed by atoms with Gasteiger partial charge in [0.25, 0.3) is 0 Å². The van der Waals surface area contributed by atoms with E-state index in [1.165, 1.54) is 0 Å². The minimum atomic E-state index is -0.964. The van der Waals surface area contributed by atoms with Crippen LogP contribution in [0.4, 0.5) is 4.39 Å². The van der Waals surface area contributed by atoms with E-state index >= 15 is 0 Å². The van der Waals surface area contributed by atoms with Crippen LogP contribution in [0.1, 0.15) is 0 Å². The molecule has 0 N–H and O–H groups in total. The van der Waals surface area contributed by atoms with Gasteiger partial charge in [-0.05, 0) is 7.05 Å². The molecule has 0 aliphatic carbocycles. The van der Waals surface area contributed by atoms with Crippen molar-refractivity contribution in [1.29, 1.82) is 0 Å². The molecule has 3 heteroatoms. The Morgan fingerprint density at radius 3 is 2.14 bits per heavy atom. The van der Waals surface area contributed by atoms with Gasteiger partial charge in [0.15, 0.2) is 0 Å². The van der Waals surface area contributed by atoms with Crippen LogP contribution in [-0.4, -0.2) is 30.4 Å². The minimum absolute atomic E-state index is 0.567. The number of hydrogen-bond donors (Lipinski definition) is 0. The molecule has 0 aromatic carbocycles. The first-order valence-electron chi connectivity index (χ1n) is 2.26. The van der Waals surface area contributed by atoms with E-state index < -0.39 is 5.41 Å². The second kappa shape index (κ2) is 1.40.